The minimum absolute atomic E-state index is 0.317. The van der Waals surface area contributed by atoms with Crippen LogP contribution in [0.4, 0.5) is 0 Å². The van der Waals surface area contributed by atoms with E-state index >= 15 is 0 Å². The molecular formula is C11H15N. The summed E-state index contributed by atoms with van der Waals surface area (Å²) in [6.07, 6.45) is 9.89. The van der Waals surface area contributed by atoms with Crippen LogP contribution in [0.15, 0.2) is 11.6 Å². The van der Waals surface area contributed by atoms with Crippen molar-refractivity contribution in [2.24, 2.45) is 11.8 Å². The summed E-state index contributed by atoms with van der Waals surface area (Å²) in [7, 11) is 0. The van der Waals surface area contributed by atoms with Gasteiger partial charge in [0.05, 0.1) is 12.0 Å². The van der Waals surface area contributed by atoms with Crippen molar-refractivity contribution in [2.45, 2.75) is 38.5 Å². The normalized spacial score (nSPS) is 34.8. The van der Waals surface area contributed by atoms with E-state index in [1.807, 2.05) is 0 Å². The first-order chi connectivity index (χ1) is 5.90. The summed E-state index contributed by atoms with van der Waals surface area (Å²) in [5.74, 6) is 1.09. The fourth-order valence-electron chi connectivity index (χ4n) is 2.49. The average molecular weight is 161 g/mol. The topological polar surface area (TPSA) is 23.8 Å². The van der Waals surface area contributed by atoms with Crippen LogP contribution in [0.2, 0.25) is 0 Å². The Morgan fingerprint density at radius 1 is 1.42 bits per heavy atom. The highest BCUT2D eigenvalue weighted by Crippen LogP contribution is 2.38. The Bertz CT molecular complexity index is 234. The molecule has 2 rings (SSSR count). The molecule has 0 saturated heterocycles. The summed E-state index contributed by atoms with van der Waals surface area (Å²) in [5, 5.41) is 8.80. The lowest BCUT2D eigenvalue weighted by Gasteiger charge is -2.30. The zero-order valence-corrected chi connectivity index (χ0v) is 7.42. The highest BCUT2D eigenvalue weighted by molar-refractivity contribution is 5.15. The first-order valence-electron chi connectivity index (χ1n) is 4.98. The Hall–Kier alpha value is -0.770. The van der Waals surface area contributed by atoms with Gasteiger partial charge in [-0.15, -0.1) is 0 Å². The van der Waals surface area contributed by atoms with Crippen molar-refractivity contribution in [2.75, 3.05) is 0 Å². The van der Waals surface area contributed by atoms with Gasteiger partial charge in [-0.05, 0) is 38.0 Å². The minimum atomic E-state index is 0.317. The Balaban J connectivity index is 2.08. The number of rotatable bonds is 0. The third-order valence-corrected chi connectivity index (χ3v) is 3.21. The zero-order valence-electron chi connectivity index (χ0n) is 7.42. The number of hydrogen-bond donors (Lipinski definition) is 0. The van der Waals surface area contributed by atoms with Gasteiger partial charge >= 0.3 is 0 Å². The average Bonchev–Trinajstić information content (AvgIpc) is 2.17. The largest absolute Gasteiger partial charge is 0.198 e. The monoisotopic (exact) mass is 161 g/mol. The molecule has 0 radical (unpaired) electrons. The lowest BCUT2D eigenvalue weighted by Crippen LogP contribution is -2.18. The molecule has 64 valence electrons. The van der Waals surface area contributed by atoms with Crippen molar-refractivity contribution >= 4 is 0 Å². The molecule has 2 unspecified atom stereocenters. The van der Waals surface area contributed by atoms with Gasteiger partial charge in [0.25, 0.3) is 0 Å². The summed E-state index contributed by atoms with van der Waals surface area (Å²) >= 11 is 0. The Labute approximate surface area is 74.1 Å². The maximum atomic E-state index is 8.80. The molecule has 0 aromatic heterocycles. The van der Waals surface area contributed by atoms with Gasteiger partial charge in [0.2, 0.25) is 0 Å². The predicted molar refractivity (Wildman–Crippen MR) is 48.4 cm³/mol. The number of nitrogens with zero attached hydrogens (tertiary/aromatic N) is 1. The third-order valence-electron chi connectivity index (χ3n) is 3.21. The van der Waals surface area contributed by atoms with Crippen molar-refractivity contribution in [1.29, 1.82) is 5.26 Å². The molecule has 2 aliphatic rings. The van der Waals surface area contributed by atoms with Crippen LogP contribution in [0.3, 0.4) is 0 Å². The van der Waals surface area contributed by atoms with Gasteiger partial charge in [-0.25, -0.2) is 0 Å². The second-order valence-electron chi connectivity index (χ2n) is 4.02. The zero-order chi connectivity index (χ0) is 8.39. The smallest absolute Gasteiger partial charge is 0.0659 e. The molecule has 1 fully saturated rings. The molecule has 0 N–H and O–H groups in total. The minimum Gasteiger partial charge on any atom is -0.198 e. The Morgan fingerprint density at radius 2 is 2.33 bits per heavy atom. The van der Waals surface area contributed by atoms with Crippen LogP contribution in [0.25, 0.3) is 0 Å². The lowest BCUT2D eigenvalue weighted by atomic mass is 9.74. The molecular weight excluding hydrogens is 146 g/mol. The highest BCUT2D eigenvalue weighted by Gasteiger charge is 2.25. The molecule has 1 nitrogen and oxygen atoms in total. The molecule has 0 bridgehead atoms. The maximum Gasteiger partial charge on any atom is 0.0659 e. The van der Waals surface area contributed by atoms with E-state index in [9.17, 15) is 0 Å². The summed E-state index contributed by atoms with van der Waals surface area (Å²) in [6.45, 7) is 0. The number of hydrogen-bond acceptors (Lipinski definition) is 1. The fraction of sp³-hybridized carbons (Fsp3) is 0.727. The predicted octanol–water partition coefficient (Wildman–Crippen LogP) is 3.04. The quantitative estimate of drug-likeness (QED) is 0.501. The van der Waals surface area contributed by atoms with Crippen LogP contribution in [0.5, 0.6) is 0 Å². The van der Waals surface area contributed by atoms with E-state index in [1.165, 1.54) is 25.7 Å². The summed E-state index contributed by atoms with van der Waals surface area (Å²) in [5.41, 5.74) is 1.66. The Kier molecular flexibility index (Phi) is 2.17. The second kappa shape index (κ2) is 3.31. The van der Waals surface area contributed by atoms with Crippen LogP contribution in [0.1, 0.15) is 38.5 Å². The summed E-state index contributed by atoms with van der Waals surface area (Å²) in [4.78, 5) is 0. The molecule has 2 aliphatic carbocycles. The van der Waals surface area contributed by atoms with Gasteiger partial charge in [0, 0.05) is 0 Å². The molecule has 1 heteroatoms. The number of nitriles is 1. The first kappa shape index (κ1) is 7.86. The van der Waals surface area contributed by atoms with Crippen LogP contribution in [-0.4, -0.2) is 0 Å². The maximum absolute atomic E-state index is 8.80. The molecule has 2 atom stereocenters. The van der Waals surface area contributed by atoms with Crippen molar-refractivity contribution in [1.82, 2.24) is 0 Å². The van der Waals surface area contributed by atoms with Gasteiger partial charge in [-0.1, -0.05) is 18.1 Å². The van der Waals surface area contributed by atoms with Gasteiger partial charge in [0.1, 0.15) is 0 Å². The van der Waals surface area contributed by atoms with E-state index in [0.717, 1.165) is 18.8 Å². The van der Waals surface area contributed by atoms with Gasteiger partial charge in [-0.3, -0.25) is 0 Å². The standard InChI is InChI=1S/C11H15N/c12-8-9-5-6-10-3-1-2-4-11(10)7-9/h6,9,11H,1-5,7H2. The number of fused-ring (bicyclic) bond motifs is 1. The second-order valence-corrected chi connectivity index (χ2v) is 4.02. The number of allylic oxidation sites excluding steroid dienone is 2. The Morgan fingerprint density at radius 3 is 3.17 bits per heavy atom. The van der Waals surface area contributed by atoms with E-state index in [0.29, 0.717) is 5.92 Å². The molecule has 0 heterocycles. The van der Waals surface area contributed by atoms with E-state index in [1.54, 1.807) is 5.57 Å². The molecule has 0 aromatic rings. The van der Waals surface area contributed by atoms with Crippen LogP contribution in [0, 0.1) is 23.2 Å². The first-order valence-corrected chi connectivity index (χ1v) is 4.98. The van der Waals surface area contributed by atoms with Gasteiger partial charge in [-0.2, -0.15) is 5.26 Å². The lowest BCUT2D eigenvalue weighted by molar-refractivity contribution is 0.366. The molecule has 1 saturated carbocycles. The summed E-state index contributed by atoms with van der Waals surface area (Å²) in [6, 6.07) is 2.39. The van der Waals surface area contributed by atoms with Crippen molar-refractivity contribution < 1.29 is 0 Å². The van der Waals surface area contributed by atoms with Crippen molar-refractivity contribution in [3.05, 3.63) is 11.6 Å². The molecule has 12 heavy (non-hydrogen) atoms. The van der Waals surface area contributed by atoms with Crippen LogP contribution < -0.4 is 0 Å². The van der Waals surface area contributed by atoms with E-state index in [-0.39, 0.29) is 0 Å². The molecule has 0 aromatic carbocycles. The van der Waals surface area contributed by atoms with Crippen molar-refractivity contribution in [3.63, 3.8) is 0 Å². The van der Waals surface area contributed by atoms with Gasteiger partial charge < -0.3 is 0 Å². The molecule has 0 spiro atoms. The van der Waals surface area contributed by atoms with E-state index < -0.39 is 0 Å². The summed E-state index contributed by atoms with van der Waals surface area (Å²) < 4.78 is 0. The SMILES string of the molecule is N#CC1CC=C2CCCCC2C1. The van der Waals surface area contributed by atoms with Crippen molar-refractivity contribution in [3.8, 4) is 6.07 Å². The molecule has 0 amide bonds. The third kappa shape index (κ3) is 1.39. The van der Waals surface area contributed by atoms with Gasteiger partial charge in [0.15, 0.2) is 0 Å². The van der Waals surface area contributed by atoms with Crippen LogP contribution >= 0.6 is 0 Å². The highest BCUT2D eigenvalue weighted by atomic mass is 14.3. The molecule has 0 aliphatic heterocycles. The van der Waals surface area contributed by atoms with Crippen LogP contribution in [-0.2, 0) is 0 Å². The fourth-order valence-corrected chi connectivity index (χ4v) is 2.49. The van der Waals surface area contributed by atoms with E-state index in [4.69, 9.17) is 5.26 Å². The van der Waals surface area contributed by atoms with E-state index in [2.05, 4.69) is 12.1 Å².